The minimum atomic E-state index is -0.456. The maximum Gasteiger partial charge on any atom is 0.270 e. The molecular weight excluding hydrogens is 382 g/mol. The Morgan fingerprint density at radius 2 is 1.70 bits per heavy atom. The highest BCUT2D eigenvalue weighted by atomic mass is 16.6. The van der Waals surface area contributed by atoms with Crippen LogP contribution in [0.3, 0.4) is 0 Å². The SMILES string of the molecule is O=C(NCc1ccnc(N2CCCC2)c1)c1cc([N+](=O)[O-])ccc1N1CCCCC1. The lowest BCUT2D eigenvalue weighted by Gasteiger charge is -2.30. The molecule has 2 aliphatic heterocycles. The number of nitro benzene ring substituents is 1. The Hall–Kier alpha value is -3.16. The molecular formula is C22H27N5O3. The predicted octanol–water partition coefficient (Wildman–Crippen LogP) is 3.51. The third-order valence-corrected chi connectivity index (χ3v) is 5.83. The third-order valence-electron chi connectivity index (χ3n) is 5.83. The molecule has 0 bridgehead atoms. The lowest BCUT2D eigenvalue weighted by Crippen LogP contribution is -2.32. The van der Waals surface area contributed by atoms with Crippen LogP contribution in [0, 0.1) is 10.1 Å². The van der Waals surface area contributed by atoms with Crippen LogP contribution in [-0.4, -0.2) is 42.0 Å². The van der Waals surface area contributed by atoms with Crippen LogP contribution in [0.15, 0.2) is 36.5 Å². The molecule has 0 unspecified atom stereocenters. The van der Waals surface area contributed by atoms with Gasteiger partial charge in [0.25, 0.3) is 11.6 Å². The van der Waals surface area contributed by atoms with Gasteiger partial charge in [0.1, 0.15) is 5.82 Å². The van der Waals surface area contributed by atoms with E-state index < -0.39 is 4.92 Å². The van der Waals surface area contributed by atoms with Gasteiger partial charge in [-0.25, -0.2) is 4.98 Å². The van der Waals surface area contributed by atoms with E-state index in [1.807, 2.05) is 12.1 Å². The first-order chi connectivity index (χ1) is 14.6. The van der Waals surface area contributed by atoms with Crippen molar-refractivity contribution in [1.29, 1.82) is 0 Å². The smallest absolute Gasteiger partial charge is 0.270 e. The van der Waals surface area contributed by atoms with Crippen molar-refractivity contribution in [3.05, 3.63) is 57.8 Å². The van der Waals surface area contributed by atoms with Crippen LogP contribution in [0.1, 0.15) is 48.0 Å². The molecule has 30 heavy (non-hydrogen) atoms. The number of nitro groups is 1. The number of hydrogen-bond donors (Lipinski definition) is 1. The second-order valence-electron chi connectivity index (χ2n) is 7.91. The van der Waals surface area contributed by atoms with Gasteiger partial charge in [-0.1, -0.05) is 0 Å². The highest BCUT2D eigenvalue weighted by molar-refractivity contribution is 6.00. The first-order valence-corrected chi connectivity index (χ1v) is 10.6. The van der Waals surface area contributed by atoms with Gasteiger partial charge in [-0.15, -0.1) is 0 Å². The topological polar surface area (TPSA) is 91.6 Å². The molecule has 0 aliphatic carbocycles. The second kappa shape index (κ2) is 9.11. The Kier molecular flexibility index (Phi) is 6.11. The van der Waals surface area contributed by atoms with Crippen molar-refractivity contribution >= 4 is 23.1 Å². The van der Waals surface area contributed by atoms with Crippen LogP contribution in [0.5, 0.6) is 0 Å². The summed E-state index contributed by atoms with van der Waals surface area (Å²) in [6.45, 7) is 4.10. The average molecular weight is 409 g/mol. The Morgan fingerprint density at radius 3 is 2.43 bits per heavy atom. The van der Waals surface area contributed by atoms with Crippen LogP contribution in [0.4, 0.5) is 17.2 Å². The van der Waals surface area contributed by atoms with Gasteiger partial charge in [-0.05, 0) is 55.9 Å². The quantitative estimate of drug-likeness (QED) is 0.580. The predicted molar refractivity (Wildman–Crippen MR) is 116 cm³/mol. The van der Waals surface area contributed by atoms with E-state index in [9.17, 15) is 14.9 Å². The Balaban J connectivity index is 1.51. The van der Waals surface area contributed by atoms with Crippen molar-refractivity contribution in [2.45, 2.75) is 38.6 Å². The standard InChI is InChI=1S/C22H27N5O3/c28-22(24-16-17-8-9-23-21(14-17)26-12-4-5-13-26)19-15-18(27(29)30)6-7-20(19)25-10-2-1-3-11-25/h6-9,14-15H,1-5,10-13,16H2,(H,24,28). The second-order valence-corrected chi connectivity index (χ2v) is 7.91. The Bertz CT molecular complexity index is 921. The maximum absolute atomic E-state index is 13.0. The summed E-state index contributed by atoms with van der Waals surface area (Å²) in [5.41, 5.74) is 2.02. The number of carbonyl (C=O) groups is 1. The van der Waals surface area contributed by atoms with Gasteiger partial charge in [-0.2, -0.15) is 0 Å². The summed E-state index contributed by atoms with van der Waals surface area (Å²) >= 11 is 0. The number of pyridine rings is 1. The summed E-state index contributed by atoms with van der Waals surface area (Å²) in [4.78, 5) is 32.7. The molecule has 1 N–H and O–H groups in total. The lowest BCUT2D eigenvalue weighted by atomic mass is 10.1. The minimum absolute atomic E-state index is 0.0684. The van der Waals surface area contributed by atoms with E-state index >= 15 is 0 Å². The minimum Gasteiger partial charge on any atom is -0.371 e. The number of benzene rings is 1. The zero-order valence-corrected chi connectivity index (χ0v) is 17.0. The lowest BCUT2D eigenvalue weighted by molar-refractivity contribution is -0.384. The summed E-state index contributed by atoms with van der Waals surface area (Å²) in [5, 5.41) is 14.2. The van der Waals surface area contributed by atoms with Crippen molar-refractivity contribution in [2.75, 3.05) is 36.0 Å². The summed E-state index contributed by atoms with van der Waals surface area (Å²) in [5.74, 6) is 0.641. The first kappa shape index (κ1) is 20.1. The molecule has 0 spiro atoms. The van der Waals surface area contributed by atoms with Gasteiger partial charge in [-0.3, -0.25) is 14.9 Å². The van der Waals surface area contributed by atoms with E-state index in [1.54, 1.807) is 12.3 Å². The molecule has 2 aromatic rings. The van der Waals surface area contributed by atoms with Crippen molar-refractivity contribution in [2.24, 2.45) is 0 Å². The van der Waals surface area contributed by atoms with E-state index in [2.05, 4.69) is 20.1 Å². The number of amides is 1. The highest BCUT2D eigenvalue weighted by Gasteiger charge is 2.22. The van der Waals surface area contributed by atoms with Crippen LogP contribution in [0.25, 0.3) is 0 Å². The van der Waals surface area contributed by atoms with Crippen LogP contribution in [0.2, 0.25) is 0 Å². The molecule has 0 radical (unpaired) electrons. The van der Waals surface area contributed by atoms with Gasteiger partial charge in [0.05, 0.1) is 16.2 Å². The van der Waals surface area contributed by atoms with Crippen molar-refractivity contribution < 1.29 is 9.72 Å². The van der Waals surface area contributed by atoms with Crippen LogP contribution >= 0.6 is 0 Å². The van der Waals surface area contributed by atoms with Gasteiger partial charge in [0.15, 0.2) is 0 Å². The number of non-ortho nitro benzene ring substituents is 1. The van der Waals surface area contributed by atoms with Crippen LogP contribution in [-0.2, 0) is 6.54 Å². The summed E-state index contributed by atoms with van der Waals surface area (Å²) in [7, 11) is 0. The fourth-order valence-corrected chi connectivity index (χ4v) is 4.20. The zero-order valence-electron chi connectivity index (χ0n) is 17.0. The zero-order chi connectivity index (χ0) is 20.9. The number of piperidine rings is 1. The van der Waals surface area contributed by atoms with E-state index in [-0.39, 0.29) is 11.6 Å². The normalized spacial score (nSPS) is 16.5. The molecule has 2 aliphatic rings. The number of nitrogens with zero attached hydrogens (tertiary/aromatic N) is 4. The van der Waals surface area contributed by atoms with E-state index in [0.717, 1.165) is 56.1 Å². The van der Waals surface area contributed by atoms with Crippen LogP contribution < -0.4 is 15.1 Å². The van der Waals surface area contributed by atoms with Gasteiger partial charge >= 0.3 is 0 Å². The van der Waals surface area contributed by atoms with Crippen molar-refractivity contribution in [3.8, 4) is 0 Å². The number of aromatic nitrogens is 1. The average Bonchev–Trinajstić information content (AvgIpc) is 3.33. The van der Waals surface area contributed by atoms with Crippen molar-refractivity contribution in [1.82, 2.24) is 10.3 Å². The molecule has 2 fully saturated rings. The monoisotopic (exact) mass is 409 g/mol. The Morgan fingerprint density at radius 1 is 1.00 bits per heavy atom. The fourth-order valence-electron chi connectivity index (χ4n) is 4.20. The molecule has 1 aromatic heterocycles. The highest BCUT2D eigenvalue weighted by Crippen LogP contribution is 2.28. The van der Waals surface area contributed by atoms with Gasteiger partial charge in [0, 0.05) is 51.1 Å². The summed E-state index contributed by atoms with van der Waals surface area (Å²) in [6.07, 6.45) is 7.42. The van der Waals surface area contributed by atoms with Crippen molar-refractivity contribution in [3.63, 3.8) is 0 Å². The molecule has 0 atom stereocenters. The third kappa shape index (κ3) is 4.53. The first-order valence-electron chi connectivity index (χ1n) is 10.6. The summed E-state index contributed by atoms with van der Waals surface area (Å²) < 4.78 is 0. The molecule has 8 nitrogen and oxygen atoms in total. The molecule has 2 saturated heterocycles. The number of anilines is 2. The molecule has 158 valence electrons. The van der Waals surface area contributed by atoms with E-state index in [0.29, 0.717) is 12.1 Å². The molecule has 0 saturated carbocycles. The number of nitrogens with one attached hydrogen (secondary N) is 1. The van der Waals surface area contributed by atoms with Gasteiger partial charge in [0.2, 0.25) is 0 Å². The molecule has 1 aromatic carbocycles. The molecule has 1 amide bonds. The van der Waals surface area contributed by atoms with Gasteiger partial charge < -0.3 is 15.1 Å². The Labute approximate surface area is 176 Å². The fraction of sp³-hybridized carbons (Fsp3) is 0.455. The molecule has 3 heterocycles. The molecule has 8 heteroatoms. The largest absolute Gasteiger partial charge is 0.371 e. The van der Waals surface area contributed by atoms with E-state index in [4.69, 9.17) is 0 Å². The summed E-state index contributed by atoms with van der Waals surface area (Å²) in [6, 6.07) is 8.47. The number of hydrogen-bond acceptors (Lipinski definition) is 6. The number of rotatable bonds is 6. The van der Waals surface area contributed by atoms with E-state index in [1.165, 1.54) is 31.4 Å². The number of carbonyl (C=O) groups excluding carboxylic acids is 1. The molecule has 4 rings (SSSR count). The maximum atomic E-state index is 13.0.